The predicted molar refractivity (Wildman–Crippen MR) is 109 cm³/mol. The van der Waals surface area contributed by atoms with Crippen LogP contribution in [0.2, 0.25) is 0 Å². The highest BCUT2D eigenvalue weighted by Crippen LogP contribution is 2.36. The molecule has 1 N–H and O–H groups in total. The van der Waals surface area contributed by atoms with Gasteiger partial charge in [0.2, 0.25) is 0 Å². The normalized spacial score (nSPS) is 23.0. The van der Waals surface area contributed by atoms with Gasteiger partial charge in [-0.3, -0.25) is 4.79 Å². The van der Waals surface area contributed by atoms with E-state index in [-0.39, 0.29) is 18.6 Å². The van der Waals surface area contributed by atoms with E-state index in [4.69, 9.17) is 14.2 Å². The second-order valence-electron chi connectivity index (χ2n) is 7.62. The molecule has 1 aliphatic carbocycles. The number of rotatable bonds is 8. The summed E-state index contributed by atoms with van der Waals surface area (Å²) in [5, 5.41) is 2.93. The maximum Gasteiger partial charge on any atom is 0.341 e. The van der Waals surface area contributed by atoms with Crippen molar-refractivity contribution in [1.82, 2.24) is 0 Å². The molecule has 28 heavy (non-hydrogen) atoms. The fourth-order valence-corrected chi connectivity index (χ4v) is 3.61. The van der Waals surface area contributed by atoms with Crippen molar-refractivity contribution in [3.63, 3.8) is 0 Å². The van der Waals surface area contributed by atoms with Gasteiger partial charge in [-0.2, -0.15) is 0 Å². The van der Waals surface area contributed by atoms with E-state index in [1.807, 2.05) is 13.8 Å². The lowest BCUT2D eigenvalue weighted by atomic mass is 9.78. The monoisotopic (exact) mass is 391 g/mol. The summed E-state index contributed by atoms with van der Waals surface area (Å²) < 4.78 is 16.7. The number of amides is 1. The van der Waals surface area contributed by atoms with Gasteiger partial charge in [-0.15, -0.1) is 0 Å². The largest absolute Gasteiger partial charge is 0.490 e. The number of esters is 1. The maximum atomic E-state index is 13.0. The number of carbonyl (C=O) groups is 2. The van der Waals surface area contributed by atoms with Crippen molar-refractivity contribution in [1.29, 1.82) is 0 Å². The first-order valence-corrected chi connectivity index (χ1v) is 10.2. The fourth-order valence-electron chi connectivity index (χ4n) is 3.61. The van der Waals surface area contributed by atoms with E-state index in [0.29, 0.717) is 35.8 Å². The van der Waals surface area contributed by atoms with E-state index < -0.39 is 11.6 Å². The predicted octanol–water partition coefficient (Wildman–Crippen LogP) is 4.57. The molecule has 0 radical (unpaired) electrons. The van der Waals surface area contributed by atoms with Crippen LogP contribution in [0.1, 0.15) is 70.2 Å². The van der Waals surface area contributed by atoms with Crippen molar-refractivity contribution in [3.05, 3.63) is 23.8 Å². The van der Waals surface area contributed by atoms with Gasteiger partial charge in [0.1, 0.15) is 16.9 Å². The van der Waals surface area contributed by atoms with Gasteiger partial charge in [-0.25, -0.2) is 4.79 Å². The van der Waals surface area contributed by atoms with Gasteiger partial charge in [-0.05, 0) is 63.6 Å². The second-order valence-corrected chi connectivity index (χ2v) is 7.62. The van der Waals surface area contributed by atoms with Crippen LogP contribution in [0.4, 0.5) is 5.69 Å². The molecule has 3 unspecified atom stereocenters. The van der Waals surface area contributed by atoms with Gasteiger partial charge < -0.3 is 19.5 Å². The molecule has 2 rings (SSSR count). The molecule has 1 aromatic carbocycles. The van der Waals surface area contributed by atoms with E-state index in [9.17, 15) is 9.59 Å². The number of hydrogen-bond donors (Lipinski definition) is 1. The lowest BCUT2D eigenvalue weighted by Gasteiger charge is -2.37. The Morgan fingerprint density at radius 1 is 1.32 bits per heavy atom. The Kier molecular flexibility index (Phi) is 7.87. The third-order valence-electron chi connectivity index (χ3n) is 5.40. The molecule has 3 atom stereocenters. The van der Waals surface area contributed by atoms with Crippen LogP contribution in [0.15, 0.2) is 18.2 Å². The Morgan fingerprint density at radius 3 is 2.68 bits per heavy atom. The molecule has 0 saturated heterocycles. The van der Waals surface area contributed by atoms with Crippen LogP contribution in [0.25, 0.3) is 0 Å². The summed E-state index contributed by atoms with van der Waals surface area (Å²) in [6.07, 6.45) is 4.23. The first kappa shape index (κ1) is 22.2. The third-order valence-corrected chi connectivity index (χ3v) is 5.40. The Balaban J connectivity index is 2.26. The van der Waals surface area contributed by atoms with Gasteiger partial charge in [-0.1, -0.05) is 20.3 Å². The summed E-state index contributed by atoms with van der Waals surface area (Å²) in [6, 6.07) is 5.06. The van der Waals surface area contributed by atoms with Gasteiger partial charge in [0.05, 0.1) is 12.7 Å². The highest BCUT2D eigenvalue weighted by molar-refractivity contribution is 5.99. The number of carbonyl (C=O) groups excluding carboxylic acids is 2. The number of anilines is 1. The van der Waals surface area contributed by atoms with Crippen LogP contribution >= 0.6 is 0 Å². The Bertz CT molecular complexity index is 690. The number of hydrogen-bond acceptors (Lipinski definition) is 5. The van der Waals surface area contributed by atoms with Crippen LogP contribution < -0.4 is 10.1 Å². The van der Waals surface area contributed by atoms with Crippen molar-refractivity contribution in [2.75, 3.05) is 19.0 Å². The van der Waals surface area contributed by atoms with E-state index in [1.165, 1.54) is 0 Å². The fraction of sp³-hybridized carbons (Fsp3) is 0.636. The zero-order valence-corrected chi connectivity index (χ0v) is 17.7. The molecule has 1 saturated carbocycles. The molecular weight excluding hydrogens is 358 g/mol. The Labute approximate surface area is 167 Å². The molecule has 1 amide bonds. The van der Waals surface area contributed by atoms with Crippen LogP contribution in [-0.4, -0.2) is 37.3 Å². The standard InChI is InChI=1S/C22H33NO5/c1-6-16(4)28-19-11-10-17(13-18(19)20(24)27-7-2)23-21(25)22(26-5)12-8-9-15(3)14-22/h10-11,13,15-16H,6-9,12,14H2,1-5H3,(H,23,25). The Morgan fingerprint density at radius 2 is 2.07 bits per heavy atom. The summed E-state index contributed by atoms with van der Waals surface area (Å²) in [6.45, 7) is 8.12. The summed E-state index contributed by atoms with van der Waals surface area (Å²) in [5.41, 5.74) is 0.0100. The average molecular weight is 392 g/mol. The second kappa shape index (κ2) is 9.92. The number of ether oxygens (including phenoxy) is 3. The molecule has 0 spiro atoms. The number of benzene rings is 1. The zero-order chi connectivity index (χ0) is 20.7. The molecule has 6 nitrogen and oxygen atoms in total. The number of methoxy groups -OCH3 is 1. The van der Waals surface area contributed by atoms with E-state index in [1.54, 1.807) is 32.2 Å². The van der Waals surface area contributed by atoms with E-state index >= 15 is 0 Å². The molecule has 1 fully saturated rings. The molecule has 6 heteroatoms. The van der Waals surface area contributed by atoms with Crippen molar-refractivity contribution in [2.45, 2.75) is 71.5 Å². The lowest BCUT2D eigenvalue weighted by molar-refractivity contribution is -0.143. The average Bonchev–Trinajstić information content (AvgIpc) is 2.68. The van der Waals surface area contributed by atoms with Crippen LogP contribution in [0.5, 0.6) is 5.75 Å². The first-order chi connectivity index (χ1) is 13.3. The lowest BCUT2D eigenvalue weighted by Crippen LogP contribution is -2.47. The van der Waals surface area contributed by atoms with Crippen molar-refractivity contribution in [3.8, 4) is 5.75 Å². The molecule has 1 aromatic rings. The molecule has 0 bridgehead atoms. The SMILES string of the molecule is CCOC(=O)c1cc(NC(=O)C2(OC)CCCC(C)C2)ccc1OC(C)CC. The summed E-state index contributed by atoms with van der Waals surface area (Å²) >= 11 is 0. The minimum Gasteiger partial charge on any atom is -0.490 e. The molecule has 0 aromatic heterocycles. The minimum atomic E-state index is -0.826. The summed E-state index contributed by atoms with van der Waals surface area (Å²) in [7, 11) is 1.59. The quantitative estimate of drug-likeness (QED) is 0.657. The summed E-state index contributed by atoms with van der Waals surface area (Å²) in [5.74, 6) is 0.246. The third kappa shape index (κ3) is 5.25. The Hall–Kier alpha value is -2.08. The van der Waals surface area contributed by atoms with Gasteiger partial charge in [0.25, 0.3) is 5.91 Å². The highest BCUT2D eigenvalue weighted by Gasteiger charge is 2.42. The molecule has 1 aliphatic rings. The summed E-state index contributed by atoms with van der Waals surface area (Å²) in [4.78, 5) is 25.4. The topological polar surface area (TPSA) is 73.9 Å². The van der Waals surface area contributed by atoms with Crippen LogP contribution in [-0.2, 0) is 14.3 Å². The van der Waals surface area contributed by atoms with Crippen molar-refractivity contribution in [2.24, 2.45) is 5.92 Å². The van der Waals surface area contributed by atoms with Crippen molar-refractivity contribution >= 4 is 17.6 Å². The van der Waals surface area contributed by atoms with Gasteiger partial charge in [0, 0.05) is 12.8 Å². The zero-order valence-electron chi connectivity index (χ0n) is 17.7. The molecule has 156 valence electrons. The highest BCUT2D eigenvalue weighted by atomic mass is 16.5. The van der Waals surface area contributed by atoms with E-state index in [0.717, 1.165) is 19.3 Å². The minimum absolute atomic E-state index is 0.0332. The molecule has 0 aliphatic heterocycles. The van der Waals surface area contributed by atoms with Gasteiger partial charge >= 0.3 is 5.97 Å². The maximum absolute atomic E-state index is 13.0. The smallest absolute Gasteiger partial charge is 0.341 e. The number of nitrogens with one attached hydrogen (secondary N) is 1. The van der Waals surface area contributed by atoms with Crippen LogP contribution in [0.3, 0.4) is 0 Å². The van der Waals surface area contributed by atoms with Crippen LogP contribution in [0, 0.1) is 5.92 Å². The first-order valence-electron chi connectivity index (χ1n) is 10.2. The van der Waals surface area contributed by atoms with E-state index in [2.05, 4.69) is 12.2 Å². The van der Waals surface area contributed by atoms with Crippen molar-refractivity contribution < 1.29 is 23.8 Å². The molecular formula is C22H33NO5. The van der Waals surface area contributed by atoms with Gasteiger partial charge in [0.15, 0.2) is 0 Å². The molecule has 0 heterocycles.